The first-order chi connectivity index (χ1) is 10.1. The minimum absolute atomic E-state index is 0.152. The van der Waals surface area contributed by atoms with E-state index < -0.39 is 4.92 Å². The van der Waals surface area contributed by atoms with E-state index in [-0.39, 0.29) is 11.5 Å². The molecule has 0 radical (unpaired) electrons. The zero-order chi connectivity index (χ0) is 15.2. The Morgan fingerprint density at radius 1 is 1.33 bits per heavy atom. The summed E-state index contributed by atoms with van der Waals surface area (Å²) in [5.41, 5.74) is 1.61. The highest BCUT2D eigenvalue weighted by atomic mass is 16.6. The fraction of sp³-hybridized carbons (Fsp3) is 0.286. The van der Waals surface area contributed by atoms with E-state index in [1.807, 2.05) is 38.1 Å². The first kappa shape index (κ1) is 14.7. The molecule has 0 aliphatic carbocycles. The summed E-state index contributed by atoms with van der Waals surface area (Å²) < 4.78 is 0. The first-order valence-corrected chi connectivity index (χ1v) is 6.69. The predicted octanol–water partition coefficient (Wildman–Crippen LogP) is 3.26. The lowest BCUT2D eigenvalue weighted by Crippen LogP contribution is -2.08. The summed E-state index contributed by atoms with van der Waals surface area (Å²) in [7, 11) is 0. The molecule has 0 atom stereocenters. The van der Waals surface area contributed by atoms with Gasteiger partial charge in [0, 0.05) is 12.2 Å². The van der Waals surface area contributed by atoms with Crippen molar-refractivity contribution in [1.82, 2.24) is 9.97 Å². The minimum atomic E-state index is -0.496. The van der Waals surface area contributed by atoms with Gasteiger partial charge in [-0.2, -0.15) is 4.98 Å². The Bertz CT molecular complexity index is 645. The van der Waals surface area contributed by atoms with Gasteiger partial charge < -0.3 is 10.6 Å². The molecule has 7 heteroatoms. The molecule has 0 unspecified atom stereocenters. The number of nitrogens with one attached hydrogen (secondary N) is 2. The van der Waals surface area contributed by atoms with Crippen LogP contribution in [0.15, 0.2) is 30.5 Å². The van der Waals surface area contributed by atoms with E-state index in [1.54, 1.807) is 0 Å². The molecule has 110 valence electrons. The molecule has 0 bridgehead atoms. The maximum absolute atomic E-state index is 11.1. The van der Waals surface area contributed by atoms with Crippen LogP contribution in [0, 0.1) is 17.0 Å². The number of hydrogen-bond donors (Lipinski definition) is 2. The summed E-state index contributed by atoms with van der Waals surface area (Å²) in [6.45, 7) is 4.65. The minimum Gasteiger partial charge on any atom is -0.354 e. The molecule has 0 saturated carbocycles. The predicted molar refractivity (Wildman–Crippen MR) is 81.9 cm³/mol. The summed E-state index contributed by atoms with van der Waals surface area (Å²) in [6, 6.07) is 7.54. The van der Waals surface area contributed by atoms with Gasteiger partial charge in [0.1, 0.15) is 6.20 Å². The van der Waals surface area contributed by atoms with Crippen LogP contribution in [-0.4, -0.2) is 21.4 Å². The molecular weight excluding hydrogens is 270 g/mol. The van der Waals surface area contributed by atoms with Crippen LogP contribution in [0.5, 0.6) is 0 Å². The SMILES string of the molecule is CCCNc1ncc([N+](=O)[O-])c(Nc2ccccc2C)n1. The van der Waals surface area contributed by atoms with Crippen molar-refractivity contribution in [3.8, 4) is 0 Å². The quantitative estimate of drug-likeness (QED) is 0.625. The molecule has 0 spiro atoms. The van der Waals surface area contributed by atoms with Gasteiger partial charge in [0.05, 0.1) is 4.92 Å². The second-order valence-electron chi connectivity index (χ2n) is 4.55. The molecule has 0 aliphatic heterocycles. The van der Waals surface area contributed by atoms with Crippen LogP contribution >= 0.6 is 0 Å². The summed E-state index contributed by atoms with van der Waals surface area (Å²) >= 11 is 0. The Labute approximate surface area is 122 Å². The molecule has 0 aliphatic rings. The van der Waals surface area contributed by atoms with Crippen molar-refractivity contribution in [3.05, 3.63) is 46.1 Å². The maximum atomic E-state index is 11.1. The molecule has 0 amide bonds. The monoisotopic (exact) mass is 287 g/mol. The highest BCUT2D eigenvalue weighted by molar-refractivity contribution is 5.68. The third kappa shape index (κ3) is 3.65. The zero-order valence-corrected chi connectivity index (χ0v) is 12.0. The Morgan fingerprint density at radius 3 is 2.76 bits per heavy atom. The first-order valence-electron chi connectivity index (χ1n) is 6.69. The van der Waals surface area contributed by atoms with Gasteiger partial charge in [-0.25, -0.2) is 4.98 Å². The largest absolute Gasteiger partial charge is 0.354 e. The van der Waals surface area contributed by atoms with Crippen molar-refractivity contribution in [2.45, 2.75) is 20.3 Å². The van der Waals surface area contributed by atoms with Crippen molar-refractivity contribution in [2.75, 3.05) is 17.2 Å². The molecule has 2 aromatic rings. The molecule has 21 heavy (non-hydrogen) atoms. The van der Waals surface area contributed by atoms with Gasteiger partial charge in [0.15, 0.2) is 0 Å². The number of rotatable bonds is 6. The Kier molecular flexibility index (Phi) is 4.65. The van der Waals surface area contributed by atoms with E-state index in [1.165, 1.54) is 6.20 Å². The molecule has 1 aromatic carbocycles. The van der Waals surface area contributed by atoms with E-state index in [0.29, 0.717) is 12.5 Å². The Hall–Kier alpha value is -2.70. The maximum Gasteiger partial charge on any atom is 0.329 e. The summed E-state index contributed by atoms with van der Waals surface area (Å²) in [6.07, 6.45) is 2.13. The fourth-order valence-corrected chi connectivity index (χ4v) is 1.76. The van der Waals surface area contributed by atoms with Gasteiger partial charge in [0.2, 0.25) is 11.8 Å². The topological polar surface area (TPSA) is 93.0 Å². The zero-order valence-electron chi connectivity index (χ0n) is 12.0. The van der Waals surface area contributed by atoms with Crippen molar-refractivity contribution < 1.29 is 4.92 Å². The third-order valence-electron chi connectivity index (χ3n) is 2.90. The van der Waals surface area contributed by atoms with E-state index in [9.17, 15) is 10.1 Å². The van der Waals surface area contributed by atoms with Gasteiger partial charge >= 0.3 is 5.69 Å². The van der Waals surface area contributed by atoms with Crippen LogP contribution in [0.2, 0.25) is 0 Å². The number of aromatic nitrogens is 2. The number of anilines is 3. The molecule has 1 heterocycles. The van der Waals surface area contributed by atoms with E-state index in [4.69, 9.17) is 0 Å². The second-order valence-corrected chi connectivity index (χ2v) is 4.55. The number of nitro groups is 1. The van der Waals surface area contributed by atoms with Gasteiger partial charge in [0.25, 0.3) is 0 Å². The Balaban J connectivity index is 2.34. The van der Waals surface area contributed by atoms with Crippen LogP contribution in [0.1, 0.15) is 18.9 Å². The average Bonchev–Trinajstić information content (AvgIpc) is 2.47. The summed E-state index contributed by atoms with van der Waals surface area (Å²) in [5, 5.41) is 17.1. The molecule has 7 nitrogen and oxygen atoms in total. The highest BCUT2D eigenvalue weighted by Gasteiger charge is 2.17. The molecule has 1 aromatic heterocycles. The van der Waals surface area contributed by atoms with Crippen LogP contribution in [0.25, 0.3) is 0 Å². The average molecular weight is 287 g/mol. The smallest absolute Gasteiger partial charge is 0.329 e. The second kappa shape index (κ2) is 6.65. The van der Waals surface area contributed by atoms with Crippen molar-refractivity contribution in [3.63, 3.8) is 0 Å². The number of benzene rings is 1. The van der Waals surface area contributed by atoms with Gasteiger partial charge in [-0.15, -0.1) is 0 Å². The number of nitrogens with zero attached hydrogens (tertiary/aromatic N) is 3. The lowest BCUT2D eigenvalue weighted by molar-refractivity contribution is -0.384. The van der Waals surface area contributed by atoms with E-state index in [0.717, 1.165) is 17.7 Å². The van der Waals surface area contributed by atoms with Crippen molar-refractivity contribution in [1.29, 1.82) is 0 Å². The lowest BCUT2D eigenvalue weighted by atomic mass is 10.2. The summed E-state index contributed by atoms with van der Waals surface area (Å²) in [4.78, 5) is 18.7. The van der Waals surface area contributed by atoms with Gasteiger partial charge in [-0.1, -0.05) is 25.1 Å². The molecule has 2 rings (SSSR count). The molecule has 0 saturated heterocycles. The number of aryl methyl sites for hydroxylation is 1. The van der Waals surface area contributed by atoms with Gasteiger partial charge in [-0.05, 0) is 25.0 Å². The lowest BCUT2D eigenvalue weighted by Gasteiger charge is -2.10. The van der Waals surface area contributed by atoms with E-state index >= 15 is 0 Å². The third-order valence-corrected chi connectivity index (χ3v) is 2.90. The normalized spacial score (nSPS) is 10.2. The van der Waals surface area contributed by atoms with Crippen LogP contribution < -0.4 is 10.6 Å². The van der Waals surface area contributed by atoms with Crippen LogP contribution in [0.3, 0.4) is 0 Å². The van der Waals surface area contributed by atoms with Gasteiger partial charge in [-0.3, -0.25) is 10.1 Å². The molecular formula is C14H17N5O2. The number of hydrogen-bond acceptors (Lipinski definition) is 6. The fourth-order valence-electron chi connectivity index (χ4n) is 1.76. The van der Waals surface area contributed by atoms with E-state index in [2.05, 4.69) is 20.6 Å². The molecule has 0 fully saturated rings. The van der Waals surface area contributed by atoms with Crippen molar-refractivity contribution in [2.24, 2.45) is 0 Å². The van der Waals surface area contributed by atoms with Crippen LogP contribution in [-0.2, 0) is 0 Å². The number of para-hydroxylation sites is 1. The summed E-state index contributed by atoms with van der Waals surface area (Å²) in [5.74, 6) is 0.557. The standard InChI is InChI=1S/C14H17N5O2/c1-3-8-15-14-16-9-12(19(20)21)13(18-14)17-11-7-5-4-6-10(11)2/h4-7,9H,3,8H2,1-2H3,(H2,15,16,17,18). The van der Waals surface area contributed by atoms with Crippen molar-refractivity contribution >= 4 is 23.1 Å². The molecule has 2 N–H and O–H groups in total. The Morgan fingerprint density at radius 2 is 2.10 bits per heavy atom. The van der Waals surface area contributed by atoms with Crippen LogP contribution in [0.4, 0.5) is 23.1 Å². The highest BCUT2D eigenvalue weighted by Crippen LogP contribution is 2.27.